The molecular formula is C8H9BrN4. The standard InChI is InChI=1S/C8H9BrN4/c1-2-3-13-8-6(9)4-10-5-7(8)11-12-13/h4-5H,2-3H2,1H3. The van der Waals surface area contributed by atoms with Gasteiger partial charge in [0.25, 0.3) is 0 Å². The molecule has 0 saturated heterocycles. The first kappa shape index (κ1) is 8.62. The summed E-state index contributed by atoms with van der Waals surface area (Å²) in [6, 6.07) is 0. The lowest BCUT2D eigenvalue weighted by Gasteiger charge is -1.99. The van der Waals surface area contributed by atoms with Gasteiger partial charge in [0.05, 0.1) is 10.7 Å². The van der Waals surface area contributed by atoms with Gasteiger partial charge in [-0.05, 0) is 22.4 Å². The van der Waals surface area contributed by atoms with Crippen LogP contribution in [0.2, 0.25) is 0 Å². The molecule has 2 rings (SSSR count). The smallest absolute Gasteiger partial charge is 0.132 e. The molecule has 68 valence electrons. The Bertz CT molecular complexity index is 423. The number of rotatable bonds is 2. The normalized spacial score (nSPS) is 10.9. The molecule has 0 saturated carbocycles. The third-order valence-electron chi connectivity index (χ3n) is 1.81. The van der Waals surface area contributed by atoms with Crippen molar-refractivity contribution in [3.63, 3.8) is 0 Å². The Morgan fingerprint density at radius 3 is 3.08 bits per heavy atom. The van der Waals surface area contributed by atoms with Crippen LogP contribution in [0.25, 0.3) is 11.0 Å². The number of fused-ring (bicyclic) bond motifs is 1. The number of aryl methyl sites for hydroxylation is 1. The van der Waals surface area contributed by atoms with Crippen molar-refractivity contribution in [1.82, 2.24) is 20.0 Å². The topological polar surface area (TPSA) is 43.6 Å². The van der Waals surface area contributed by atoms with E-state index in [9.17, 15) is 0 Å². The van der Waals surface area contributed by atoms with Gasteiger partial charge in [0.15, 0.2) is 0 Å². The quantitative estimate of drug-likeness (QED) is 0.807. The van der Waals surface area contributed by atoms with Crippen molar-refractivity contribution in [2.45, 2.75) is 19.9 Å². The Kier molecular flexibility index (Phi) is 2.26. The van der Waals surface area contributed by atoms with Gasteiger partial charge >= 0.3 is 0 Å². The molecule has 4 nitrogen and oxygen atoms in total. The van der Waals surface area contributed by atoms with Gasteiger partial charge in [-0.1, -0.05) is 12.1 Å². The Hall–Kier alpha value is -0.970. The molecule has 2 heterocycles. The first-order valence-electron chi connectivity index (χ1n) is 4.15. The fourth-order valence-electron chi connectivity index (χ4n) is 1.26. The van der Waals surface area contributed by atoms with Gasteiger partial charge in [-0.2, -0.15) is 0 Å². The van der Waals surface area contributed by atoms with E-state index in [1.165, 1.54) is 0 Å². The molecule has 0 spiro atoms. The largest absolute Gasteiger partial charge is 0.261 e. The van der Waals surface area contributed by atoms with Crippen LogP contribution in [0.3, 0.4) is 0 Å². The van der Waals surface area contributed by atoms with Crippen molar-refractivity contribution in [2.75, 3.05) is 0 Å². The zero-order chi connectivity index (χ0) is 9.26. The summed E-state index contributed by atoms with van der Waals surface area (Å²) in [7, 11) is 0. The number of aromatic nitrogens is 4. The molecule has 2 aromatic heterocycles. The molecule has 0 aliphatic carbocycles. The van der Waals surface area contributed by atoms with E-state index in [1.807, 2.05) is 4.68 Å². The predicted octanol–water partition coefficient (Wildman–Crippen LogP) is 2.00. The van der Waals surface area contributed by atoms with Crippen LogP contribution in [0.5, 0.6) is 0 Å². The second-order valence-corrected chi connectivity index (χ2v) is 3.66. The summed E-state index contributed by atoms with van der Waals surface area (Å²) < 4.78 is 2.84. The van der Waals surface area contributed by atoms with E-state index in [0.717, 1.165) is 28.5 Å². The number of pyridine rings is 1. The molecular weight excluding hydrogens is 232 g/mol. The van der Waals surface area contributed by atoms with E-state index in [-0.39, 0.29) is 0 Å². The van der Waals surface area contributed by atoms with Crippen LogP contribution in [-0.4, -0.2) is 20.0 Å². The van der Waals surface area contributed by atoms with Gasteiger partial charge in [0, 0.05) is 12.7 Å². The minimum absolute atomic E-state index is 0.836. The zero-order valence-corrected chi connectivity index (χ0v) is 8.82. The predicted molar refractivity (Wildman–Crippen MR) is 53.3 cm³/mol. The van der Waals surface area contributed by atoms with Crippen LogP contribution in [-0.2, 0) is 6.54 Å². The maximum atomic E-state index is 4.04. The van der Waals surface area contributed by atoms with Crippen LogP contribution in [0.4, 0.5) is 0 Å². The Morgan fingerprint density at radius 2 is 2.31 bits per heavy atom. The zero-order valence-electron chi connectivity index (χ0n) is 7.24. The number of halogens is 1. The lowest BCUT2D eigenvalue weighted by molar-refractivity contribution is 0.595. The molecule has 0 N–H and O–H groups in total. The highest BCUT2D eigenvalue weighted by Gasteiger charge is 2.06. The molecule has 13 heavy (non-hydrogen) atoms. The highest BCUT2D eigenvalue weighted by atomic mass is 79.9. The third kappa shape index (κ3) is 1.44. The lowest BCUT2D eigenvalue weighted by Crippen LogP contribution is -1.99. The molecule has 0 aliphatic heterocycles. The van der Waals surface area contributed by atoms with Crippen molar-refractivity contribution in [3.05, 3.63) is 16.9 Å². The van der Waals surface area contributed by atoms with E-state index in [2.05, 4.69) is 38.1 Å². The SMILES string of the molecule is CCCn1nnc2cncc(Br)c21. The third-order valence-corrected chi connectivity index (χ3v) is 2.39. The van der Waals surface area contributed by atoms with Gasteiger partial charge in [0.1, 0.15) is 11.0 Å². The van der Waals surface area contributed by atoms with E-state index < -0.39 is 0 Å². The van der Waals surface area contributed by atoms with E-state index >= 15 is 0 Å². The molecule has 0 fully saturated rings. The highest BCUT2D eigenvalue weighted by Crippen LogP contribution is 2.20. The second kappa shape index (κ2) is 3.41. The molecule has 2 aromatic rings. The average Bonchev–Trinajstić information content (AvgIpc) is 2.51. The van der Waals surface area contributed by atoms with Crippen LogP contribution < -0.4 is 0 Å². The average molecular weight is 241 g/mol. The van der Waals surface area contributed by atoms with Crippen molar-refractivity contribution in [1.29, 1.82) is 0 Å². The Balaban J connectivity index is 2.64. The van der Waals surface area contributed by atoms with Gasteiger partial charge in [-0.3, -0.25) is 4.98 Å². The summed E-state index contributed by atoms with van der Waals surface area (Å²) in [5.41, 5.74) is 1.86. The Labute approximate surface area is 84.1 Å². The summed E-state index contributed by atoms with van der Waals surface area (Å²) in [6.07, 6.45) is 4.53. The van der Waals surface area contributed by atoms with Gasteiger partial charge in [0.2, 0.25) is 0 Å². The molecule has 0 radical (unpaired) electrons. The van der Waals surface area contributed by atoms with E-state index in [1.54, 1.807) is 12.4 Å². The fraction of sp³-hybridized carbons (Fsp3) is 0.375. The highest BCUT2D eigenvalue weighted by molar-refractivity contribution is 9.10. The molecule has 0 bridgehead atoms. The summed E-state index contributed by atoms with van der Waals surface area (Å²) >= 11 is 3.43. The van der Waals surface area contributed by atoms with Crippen LogP contribution in [0.1, 0.15) is 13.3 Å². The molecule has 0 atom stereocenters. The number of hydrogen-bond acceptors (Lipinski definition) is 3. The molecule has 0 aromatic carbocycles. The molecule has 0 amide bonds. The summed E-state index contributed by atoms with van der Waals surface area (Å²) in [5, 5.41) is 8.06. The minimum Gasteiger partial charge on any atom is -0.261 e. The second-order valence-electron chi connectivity index (χ2n) is 2.80. The van der Waals surface area contributed by atoms with Crippen molar-refractivity contribution >= 4 is 27.0 Å². The van der Waals surface area contributed by atoms with E-state index in [0.29, 0.717) is 0 Å². The van der Waals surface area contributed by atoms with Gasteiger partial charge in [-0.15, -0.1) is 5.10 Å². The van der Waals surface area contributed by atoms with Crippen LogP contribution in [0, 0.1) is 0 Å². The molecule has 0 aliphatic rings. The van der Waals surface area contributed by atoms with Crippen LogP contribution >= 0.6 is 15.9 Å². The van der Waals surface area contributed by atoms with Gasteiger partial charge < -0.3 is 0 Å². The lowest BCUT2D eigenvalue weighted by atomic mass is 10.4. The Morgan fingerprint density at radius 1 is 1.46 bits per heavy atom. The summed E-state index contributed by atoms with van der Waals surface area (Å²) in [6.45, 7) is 3.00. The summed E-state index contributed by atoms with van der Waals surface area (Å²) in [4.78, 5) is 4.02. The van der Waals surface area contributed by atoms with Gasteiger partial charge in [-0.25, -0.2) is 4.68 Å². The maximum absolute atomic E-state index is 4.04. The van der Waals surface area contributed by atoms with E-state index in [4.69, 9.17) is 0 Å². The fourth-order valence-corrected chi connectivity index (χ4v) is 1.79. The van der Waals surface area contributed by atoms with Crippen LogP contribution in [0.15, 0.2) is 16.9 Å². The first-order chi connectivity index (χ1) is 6.33. The number of nitrogens with zero attached hydrogens (tertiary/aromatic N) is 4. The summed E-state index contributed by atoms with van der Waals surface area (Å²) in [5.74, 6) is 0. The number of hydrogen-bond donors (Lipinski definition) is 0. The first-order valence-corrected chi connectivity index (χ1v) is 4.95. The van der Waals surface area contributed by atoms with Crippen molar-refractivity contribution in [2.24, 2.45) is 0 Å². The monoisotopic (exact) mass is 240 g/mol. The van der Waals surface area contributed by atoms with Crippen molar-refractivity contribution in [3.8, 4) is 0 Å². The molecule has 5 heteroatoms. The maximum Gasteiger partial charge on any atom is 0.132 e. The molecule has 0 unspecified atom stereocenters. The van der Waals surface area contributed by atoms with Crippen molar-refractivity contribution < 1.29 is 0 Å². The minimum atomic E-state index is 0.836.